The van der Waals surface area contributed by atoms with Crippen molar-refractivity contribution in [1.82, 2.24) is 21.3 Å². The number of carbonyl (C=O) groups is 4. The number of rotatable bonds is 14. The van der Waals surface area contributed by atoms with Crippen molar-refractivity contribution in [2.24, 2.45) is 11.8 Å². The third-order valence-corrected chi connectivity index (χ3v) is 7.07. The number of alkyl carbamates (subject to hydrolysis) is 1. The molecule has 42 heavy (non-hydrogen) atoms. The molecule has 1 fully saturated rings. The molecule has 1 heterocycles. The normalized spacial score (nSPS) is 17.0. The Morgan fingerprint density at radius 2 is 1.64 bits per heavy atom. The number of carbonyl (C=O) groups excluding carboxylic acids is 4. The van der Waals surface area contributed by atoms with Crippen LogP contribution in [0.1, 0.15) is 50.7 Å². The number of phenolic OH excluding ortho intramolecular Hbond substituents is 1. The first-order valence-electron chi connectivity index (χ1n) is 14.4. The van der Waals surface area contributed by atoms with E-state index in [0.717, 1.165) is 12.0 Å². The van der Waals surface area contributed by atoms with Crippen molar-refractivity contribution < 1.29 is 34.1 Å². The number of aliphatic hydroxyl groups excluding tert-OH is 1. The monoisotopic (exact) mass is 582 g/mol. The topological polar surface area (TPSA) is 166 Å². The summed E-state index contributed by atoms with van der Waals surface area (Å²) >= 11 is 0. The predicted molar refractivity (Wildman–Crippen MR) is 156 cm³/mol. The third kappa shape index (κ3) is 10.7. The molecule has 3 rings (SSSR count). The fourth-order valence-electron chi connectivity index (χ4n) is 4.84. The van der Waals surface area contributed by atoms with Gasteiger partial charge in [0.1, 0.15) is 24.4 Å². The highest BCUT2D eigenvalue weighted by Gasteiger charge is 2.31. The van der Waals surface area contributed by atoms with E-state index < -0.39 is 36.0 Å². The van der Waals surface area contributed by atoms with Gasteiger partial charge in [-0.25, -0.2) is 4.79 Å². The van der Waals surface area contributed by atoms with Crippen LogP contribution in [0.25, 0.3) is 0 Å². The zero-order chi connectivity index (χ0) is 30.5. The number of ether oxygens (including phenoxy) is 1. The number of benzene rings is 2. The molecule has 2 aromatic carbocycles. The van der Waals surface area contributed by atoms with E-state index in [2.05, 4.69) is 21.3 Å². The average molecular weight is 583 g/mol. The number of amides is 4. The molecular formula is C31H42N4O7. The summed E-state index contributed by atoms with van der Waals surface area (Å²) in [6.45, 7) is 4.11. The predicted octanol–water partition coefficient (Wildman–Crippen LogP) is 2.15. The Labute approximate surface area is 246 Å². The van der Waals surface area contributed by atoms with Gasteiger partial charge in [-0.15, -0.1) is 0 Å². The van der Waals surface area contributed by atoms with Crippen molar-refractivity contribution in [1.29, 1.82) is 0 Å². The van der Waals surface area contributed by atoms with E-state index in [1.807, 2.05) is 44.2 Å². The van der Waals surface area contributed by atoms with Gasteiger partial charge in [0, 0.05) is 18.9 Å². The molecule has 11 nitrogen and oxygen atoms in total. The fraction of sp³-hybridized carbons (Fsp3) is 0.484. The first kappa shape index (κ1) is 32.4. The molecule has 0 aromatic heterocycles. The number of aromatic hydroxyl groups is 1. The summed E-state index contributed by atoms with van der Waals surface area (Å²) in [5.74, 6) is -1.38. The van der Waals surface area contributed by atoms with Crippen LogP contribution < -0.4 is 21.3 Å². The first-order valence-corrected chi connectivity index (χ1v) is 14.4. The Kier molecular flexibility index (Phi) is 12.6. The smallest absolute Gasteiger partial charge is 0.408 e. The number of nitrogens with one attached hydrogen (secondary N) is 4. The number of hydrogen-bond acceptors (Lipinski definition) is 7. The summed E-state index contributed by atoms with van der Waals surface area (Å²) < 4.78 is 5.32. The largest absolute Gasteiger partial charge is 0.508 e. The van der Waals surface area contributed by atoms with Crippen LogP contribution >= 0.6 is 0 Å². The van der Waals surface area contributed by atoms with Crippen LogP contribution in [-0.4, -0.2) is 65.3 Å². The zero-order valence-electron chi connectivity index (χ0n) is 24.2. The van der Waals surface area contributed by atoms with Crippen LogP contribution in [0.3, 0.4) is 0 Å². The molecule has 0 unspecified atom stereocenters. The Morgan fingerprint density at radius 3 is 2.29 bits per heavy atom. The van der Waals surface area contributed by atoms with Crippen molar-refractivity contribution in [2.45, 2.75) is 70.7 Å². The molecule has 0 saturated carbocycles. The van der Waals surface area contributed by atoms with Crippen LogP contribution in [0.5, 0.6) is 5.75 Å². The van der Waals surface area contributed by atoms with E-state index in [1.165, 1.54) is 12.1 Å². The lowest BCUT2D eigenvalue weighted by atomic mass is 9.91. The molecule has 0 bridgehead atoms. The zero-order valence-corrected chi connectivity index (χ0v) is 24.2. The van der Waals surface area contributed by atoms with E-state index in [1.54, 1.807) is 12.1 Å². The van der Waals surface area contributed by atoms with Crippen molar-refractivity contribution >= 4 is 23.8 Å². The molecule has 228 valence electrons. The molecule has 1 aliphatic rings. The highest BCUT2D eigenvalue weighted by atomic mass is 16.5. The summed E-state index contributed by atoms with van der Waals surface area (Å²) in [7, 11) is 0. The second kappa shape index (κ2) is 16.4. The minimum absolute atomic E-state index is 0.0141. The summed E-state index contributed by atoms with van der Waals surface area (Å²) in [6.07, 6.45) is 1.39. The SMILES string of the molecule is CC(C)C[C@H](NC(=O)[C@H](Cc1ccc(O)cc1)NC(=O)OCc1ccccc1)C(=O)N[C@H](CO)C[C@@H]1CCCNC1=O. The minimum Gasteiger partial charge on any atom is -0.508 e. The van der Waals surface area contributed by atoms with Gasteiger partial charge in [0.2, 0.25) is 17.7 Å². The highest BCUT2D eigenvalue weighted by molar-refractivity contribution is 5.91. The van der Waals surface area contributed by atoms with Crippen molar-refractivity contribution in [3.63, 3.8) is 0 Å². The molecular weight excluding hydrogens is 540 g/mol. The molecule has 0 spiro atoms. The summed E-state index contributed by atoms with van der Waals surface area (Å²) in [6, 6.07) is 12.7. The van der Waals surface area contributed by atoms with Gasteiger partial charge in [-0.2, -0.15) is 0 Å². The Bertz CT molecular complexity index is 1170. The van der Waals surface area contributed by atoms with Crippen molar-refractivity contribution in [3.8, 4) is 5.75 Å². The van der Waals surface area contributed by atoms with Crippen molar-refractivity contribution in [2.75, 3.05) is 13.2 Å². The van der Waals surface area contributed by atoms with E-state index in [4.69, 9.17) is 4.74 Å². The van der Waals surface area contributed by atoms with Gasteiger partial charge in [-0.1, -0.05) is 56.3 Å². The van der Waals surface area contributed by atoms with Gasteiger partial charge in [0.25, 0.3) is 0 Å². The van der Waals surface area contributed by atoms with E-state index in [-0.39, 0.29) is 49.5 Å². The van der Waals surface area contributed by atoms with Crippen LogP contribution in [0, 0.1) is 11.8 Å². The lowest BCUT2D eigenvalue weighted by Crippen LogP contribution is -2.56. The molecule has 1 saturated heterocycles. The molecule has 6 N–H and O–H groups in total. The molecule has 4 atom stereocenters. The maximum atomic E-state index is 13.5. The lowest BCUT2D eigenvalue weighted by Gasteiger charge is -2.28. The molecule has 0 aliphatic carbocycles. The number of aliphatic hydroxyl groups is 1. The number of piperidine rings is 1. The standard InChI is InChI=1S/C31H42N4O7/c1-20(2)15-26(29(39)33-24(18-36)17-23-9-6-14-32-28(23)38)34-30(40)27(16-21-10-12-25(37)13-11-21)35-31(41)42-19-22-7-4-3-5-8-22/h3-5,7-8,10-13,20,23-24,26-27,36-37H,6,9,14-19H2,1-2H3,(H,32,38)(H,33,39)(H,34,40)(H,35,41)/t23-,24-,26-,27-/m0/s1. The van der Waals surface area contributed by atoms with E-state index in [0.29, 0.717) is 24.9 Å². The Balaban J connectivity index is 1.69. The van der Waals surface area contributed by atoms with Gasteiger partial charge < -0.3 is 36.2 Å². The van der Waals surface area contributed by atoms with E-state index in [9.17, 15) is 29.4 Å². The van der Waals surface area contributed by atoms with Crippen LogP contribution in [-0.2, 0) is 32.1 Å². The lowest BCUT2D eigenvalue weighted by molar-refractivity contribution is -0.131. The molecule has 0 radical (unpaired) electrons. The van der Waals surface area contributed by atoms with Gasteiger partial charge in [-0.05, 0) is 54.9 Å². The average Bonchev–Trinajstić information content (AvgIpc) is 2.97. The Morgan fingerprint density at radius 1 is 0.952 bits per heavy atom. The maximum absolute atomic E-state index is 13.5. The van der Waals surface area contributed by atoms with Gasteiger partial charge in [0.05, 0.1) is 12.6 Å². The number of hydrogen-bond donors (Lipinski definition) is 6. The highest BCUT2D eigenvalue weighted by Crippen LogP contribution is 2.18. The van der Waals surface area contributed by atoms with Crippen LogP contribution in [0.4, 0.5) is 4.79 Å². The minimum atomic E-state index is -1.08. The Hall–Kier alpha value is -4.12. The van der Waals surface area contributed by atoms with Gasteiger partial charge in [0.15, 0.2) is 0 Å². The maximum Gasteiger partial charge on any atom is 0.408 e. The second-order valence-electron chi connectivity index (χ2n) is 11.1. The van der Waals surface area contributed by atoms with E-state index >= 15 is 0 Å². The van der Waals surface area contributed by atoms with Gasteiger partial charge in [-0.3, -0.25) is 14.4 Å². The molecule has 11 heteroatoms. The fourth-order valence-corrected chi connectivity index (χ4v) is 4.84. The molecule has 1 aliphatic heterocycles. The van der Waals surface area contributed by atoms with Crippen LogP contribution in [0.15, 0.2) is 54.6 Å². The second-order valence-corrected chi connectivity index (χ2v) is 11.1. The number of phenols is 1. The van der Waals surface area contributed by atoms with Gasteiger partial charge >= 0.3 is 6.09 Å². The first-order chi connectivity index (χ1) is 20.1. The quantitative estimate of drug-likeness (QED) is 0.199. The van der Waals surface area contributed by atoms with Crippen LogP contribution in [0.2, 0.25) is 0 Å². The third-order valence-electron chi connectivity index (χ3n) is 7.07. The summed E-state index contributed by atoms with van der Waals surface area (Å²) in [4.78, 5) is 51.7. The molecule has 4 amide bonds. The van der Waals surface area contributed by atoms with Crippen molar-refractivity contribution in [3.05, 3.63) is 65.7 Å². The summed E-state index contributed by atoms with van der Waals surface area (Å²) in [5, 5.41) is 30.6. The molecule has 2 aromatic rings. The summed E-state index contributed by atoms with van der Waals surface area (Å²) in [5.41, 5.74) is 1.46.